The molecule has 0 bridgehead atoms. The normalized spacial score (nSPS) is 10.7. The molecule has 0 aliphatic carbocycles. The Labute approximate surface area is 201 Å². The minimum atomic E-state index is -0.0957. The molecule has 2 heterocycles. The van der Waals surface area contributed by atoms with Crippen LogP contribution >= 0.6 is 23.4 Å². The van der Waals surface area contributed by atoms with Gasteiger partial charge in [-0.15, -0.1) is 10.2 Å². The summed E-state index contributed by atoms with van der Waals surface area (Å²) in [4.78, 5) is 16.5. The van der Waals surface area contributed by atoms with Crippen molar-refractivity contribution in [1.29, 1.82) is 0 Å². The fraction of sp³-hybridized carbons (Fsp3) is 0.167. The first-order valence-electron chi connectivity index (χ1n) is 10.4. The molecule has 9 heteroatoms. The molecule has 7 nitrogen and oxygen atoms in total. The van der Waals surface area contributed by atoms with Gasteiger partial charge in [0.15, 0.2) is 11.0 Å². The highest BCUT2D eigenvalue weighted by Crippen LogP contribution is 2.28. The Balaban J connectivity index is 1.51. The molecular formula is C24H22ClN5O2S. The average molecular weight is 480 g/mol. The fourth-order valence-corrected chi connectivity index (χ4v) is 4.03. The molecule has 2 aromatic heterocycles. The second kappa shape index (κ2) is 11.0. The number of nitrogens with one attached hydrogen (secondary N) is 1. The number of amides is 1. The zero-order valence-corrected chi connectivity index (χ0v) is 19.5. The standard InChI is InChI=1S/C24H22ClN5O2S/c1-2-32-21-9-7-20(8-10-21)30-23(18-11-13-26-14-12-18)28-29-24(30)33-16-22(31)27-15-17-3-5-19(25)6-4-17/h3-14H,2,15-16H2,1H3,(H,27,31). The quantitative estimate of drug-likeness (QED) is 0.347. The number of pyridine rings is 1. The summed E-state index contributed by atoms with van der Waals surface area (Å²) in [6.45, 7) is 2.98. The summed E-state index contributed by atoms with van der Waals surface area (Å²) >= 11 is 7.24. The molecular weight excluding hydrogens is 458 g/mol. The van der Waals surface area contributed by atoms with E-state index in [-0.39, 0.29) is 11.7 Å². The van der Waals surface area contributed by atoms with E-state index in [1.807, 2.05) is 60.0 Å². The topological polar surface area (TPSA) is 81.9 Å². The highest BCUT2D eigenvalue weighted by atomic mass is 35.5. The molecule has 0 aliphatic heterocycles. The molecule has 2 aromatic carbocycles. The summed E-state index contributed by atoms with van der Waals surface area (Å²) in [6, 6.07) is 18.8. The third-order valence-corrected chi connectivity index (χ3v) is 5.89. The third kappa shape index (κ3) is 5.91. The smallest absolute Gasteiger partial charge is 0.230 e. The summed E-state index contributed by atoms with van der Waals surface area (Å²) < 4.78 is 7.49. The number of carbonyl (C=O) groups is 1. The van der Waals surface area contributed by atoms with Crippen LogP contribution in [0.4, 0.5) is 0 Å². The van der Waals surface area contributed by atoms with Crippen LogP contribution < -0.4 is 10.1 Å². The molecule has 0 radical (unpaired) electrons. The van der Waals surface area contributed by atoms with Crippen molar-refractivity contribution in [2.24, 2.45) is 0 Å². The second-order valence-corrected chi connectivity index (χ2v) is 8.38. The van der Waals surface area contributed by atoms with Crippen molar-refractivity contribution in [3.8, 4) is 22.8 Å². The molecule has 0 atom stereocenters. The van der Waals surface area contributed by atoms with Gasteiger partial charge in [0, 0.05) is 35.2 Å². The lowest BCUT2D eigenvalue weighted by Crippen LogP contribution is -2.24. The lowest BCUT2D eigenvalue weighted by Gasteiger charge is -2.11. The van der Waals surface area contributed by atoms with Crippen molar-refractivity contribution in [1.82, 2.24) is 25.1 Å². The van der Waals surface area contributed by atoms with Gasteiger partial charge in [0.1, 0.15) is 5.75 Å². The van der Waals surface area contributed by atoms with E-state index in [9.17, 15) is 4.79 Å². The molecule has 1 amide bonds. The van der Waals surface area contributed by atoms with Gasteiger partial charge in [0.05, 0.1) is 12.4 Å². The number of carbonyl (C=O) groups excluding carboxylic acids is 1. The Morgan fingerprint density at radius 3 is 2.45 bits per heavy atom. The van der Waals surface area contributed by atoms with Gasteiger partial charge in [-0.25, -0.2) is 0 Å². The number of benzene rings is 2. The van der Waals surface area contributed by atoms with Crippen LogP contribution in [0.15, 0.2) is 78.2 Å². The first kappa shape index (κ1) is 22.8. The van der Waals surface area contributed by atoms with E-state index >= 15 is 0 Å². The van der Waals surface area contributed by atoms with E-state index in [0.29, 0.717) is 29.2 Å². The third-order valence-electron chi connectivity index (χ3n) is 4.71. The van der Waals surface area contributed by atoms with Crippen molar-refractivity contribution in [3.05, 3.63) is 83.6 Å². The maximum atomic E-state index is 12.5. The lowest BCUT2D eigenvalue weighted by atomic mass is 10.2. The van der Waals surface area contributed by atoms with Gasteiger partial charge in [0.2, 0.25) is 5.91 Å². The molecule has 33 heavy (non-hydrogen) atoms. The molecule has 0 aliphatic rings. The van der Waals surface area contributed by atoms with E-state index in [4.69, 9.17) is 16.3 Å². The Morgan fingerprint density at radius 2 is 1.76 bits per heavy atom. The van der Waals surface area contributed by atoms with Crippen molar-refractivity contribution in [2.75, 3.05) is 12.4 Å². The van der Waals surface area contributed by atoms with Crippen molar-refractivity contribution >= 4 is 29.3 Å². The Hall–Kier alpha value is -3.36. The van der Waals surface area contributed by atoms with Crippen LogP contribution in [0.1, 0.15) is 12.5 Å². The molecule has 1 N–H and O–H groups in total. The maximum Gasteiger partial charge on any atom is 0.230 e. The fourth-order valence-electron chi connectivity index (χ4n) is 3.13. The SMILES string of the molecule is CCOc1ccc(-n2c(SCC(=O)NCc3ccc(Cl)cc3)nnc2-c2ccncc2)cc1. The number of halogens is 1. The molecule has 0 saturated carbocycles. The predicted octanol–water partition coefficient (Wildman–Crippen LogP) is 4.79. The van der Waals surface area contributed by atoms with E-state index < -0.39 is 0 Å². The molecule has 4 aromatic rings. The molecule has 168 valence electrons. The van der Waals surface area contributed by atoms with E-state index in [1.54, 1.807) is 24.5 Å². The minimum Gasteiger partial charge on any atom is -0.494 e. The van der Waals surface area contributed by atoms with Gasteiger partial charge in [0.25, 0.3) is 0 Å². The number of hydrogen-bond donors (Lipinski definition) is 1. The summed E-state index contributed by atoms with van der Waals surface area (Å²) in [5.41, 5.74) is 2.74. The lowest BCUT2D eigenvalue weighted by molar-refractivity contribution is -0.118. The molecule has 0 unspecified atom stereocenters. The highest BCUT2D eigenvalue weighted by molar-refractivity contribution is 7.99. The number of ether oxygens (including phenoxy) is 1. The van der Waals surface area contributed by atoms with Gasteiger partial charge in [-0.3, -0.25) is 14.3 Å². The number of hydrogen-bond acceptors (Lipinski definition) is 6. The van der Waals surface area contributed by atoms with Gasteiger partial charge < -0.3 is 10.1 Å². The van der Waals surface area contributed by atoms with Crippen LogP contribution in [0.2, 0.25) is 5.02 Å². The molecule has 0 spiro atoms. The monoisotopic (exact) mass is 479 g/mol. The zero-order valence-electron chi connectivity index (χ0n) is 17.9. The van der Waals surface area contributed by atoms with Gasteiger partial charge in [-0.2, -0.15) is 0 Å². The van der Waals surface area contributed by atoms with Gasteiger partial charge >= 0.3 is 0 Å². The number of nitrogens with zero attached hydrogens (tertiary/aromatic N) is 4. The van der Waals surface area contributed by atoms with Crippen molar-refractivity contribution in [2.45, 2.75) is 18.6 Å². The van der Waals surface area contributed by atoms with Gasteiger partial charge in [-0.1, -0.05) is 35.5 Å². The van der Waals surface area contributed by atoms with Crippen LogP contribution in [0.3, 0.4) is 0 Å². The summed E-state index contributed by atoms with van der Waals surface area (Å²) in [6.07, 6.45) is 3.42. The van der Waals surface area contributed by atoms with Crippen molar-refractivity contribution in [3.63, 3.8) is 0 Å². The van der Waals surface area contributed by atoms with E-state index in [1.165, 1.54) is 11.8 Å². The summed E-state index contributed by atoms with van der Waals surface area (Å²) in [7, 11) is 0. The number of thioether (sulfide) groups is 1. The predicted molar refractivity (Wildman–Crippen MR) is 130 cm³/mol. The number of aromatic nitrogens is 4. The Bertz CT molecular complexity index is 1200. The van der Waals surface area contributed by atoms with Crippen LogP contribution in [-0.2, 0) is 11.3 Å². The van der Waals surface area contributed by atoms with E-state index in [2.05, 4.69) is 20.5 Å². The van der Waals surface area contributed by atoms with E-state index in [0.717, 1.165) is 22.6 Å². The second-order valence-electron chi connectivity index (χ2n) is 7.00. The van der Waals surface area contributed by atoms with Crippen LogP contribution in [0.5, 0.6) is 5.75 Å². The minimum absolute atomic E-state index is 0.0957. The summed E-state index contributed by atoms with van der Waals surface area (Å²) in [5.74, 6) is 1.57. The van der Waals surface area contributed by atoms with Crippen LogP contribution in [-0.4, -0.2) is 38.0 Å². The van der Waals surface area contributed by atoms with Gasteiger partial charge in [-0.05, 0) is 61.0 Å². The zero-order chi connectivity index (χ0) is 23.0. The first-order valence-corrected chi connectivity index (χ1v) is 11.7. The molecule has 0 fully saturated rings. The van der Waals surface area contributed by atoms with Crippen LogP contribution in [0, 0.1) is 0 Å². The highest BCUT2D eigenvalue weighted by Gasteiger charge is 2.17. The molecule has 0 saturated heterocycles. The van der Waals surface area contributed by atoms with Crippen molar-refractivity contribution < 1.29 is 9.53 Å². The molecule has 4 rings (SSSR count). The maximum absolute atomic E-state index is 12.5. The first-order chi connectivity index (χ1) is 16.1. The van der Waals surface area contributed by atoms with Crippen LogP contribution in [0.25, 0.3) is 17.1 Å². The average Bonchev–Trinajstić information content (AvgIpc) is 3.27. The Morgan fingerprint density at radius 1 is 1.03 bits per heavy atom. The largest absolute Gasteiger partial charge is 0.494 e. The Kier molecular flexibility index (Phi) is 7.59. The summed E-state index contributed by atoms with van der Waals surface area (Å²) in [5, 5.41) is 13.0. The number of rotatable bonds is 9.